The molecule has 0 aromatic carbocycles. The van der Waals surface area contributed by atoms with Crippen LogP contribution in [-0.2, 0) is 0 Å². The molecule has 2 heteroatoms. The van der Waals surface area contributed by atoms with Crippen molar-refractivity contribution in [3.63, 3.8) is 0 Å². The van der Waals surface area contributed by atoms with Crippen LogP contribution in [0.2, 0.25) is 0 Å². The SMILES string of the molecule is CCC1=N[C@@H](C)CN[C@H]1CC. The first-order valence-corrected chi connectivity index (χ1v) is 4.57. The van der Waals surface area contributed by atoms with Crippen LogP contribution in [0.25, 0.3) is 0 Å². The lowest BCUT2D eigenvalue weighted by atomic mass is 10.0. The highest BCUT2D eigenvalue weighted by Crippen LogP contribution is 2.07. The quantitative estimate of drug-likeness (QED) is 0.642. The van der Waals surface area contributed by atoms with Crippen LogP contribution in [-0.4, -0.2) is 24.3 Å². The van der Waals surface area contributed by atoms with Gasteiger partial charge in [-0.2, -0.15) is 0 Å². The zero-order valence-electron chi connectivity index (χ0n) is 7.72. The maximum atomic E-state index is 4.61. The predicted molar refractivity (Wildman–Crippen MR) is 49.3 cm³/mol. The first kappa shape index (κ1) is 8.72. The minimum Gasteiger partial charge on any atom is -0.307 e. The average Bonchev–Trinajstić information content (AvgIpc) is 2.04. The van der Waals surface area contributed by atoms with E-state index >= 15 is 0 Å². The molecule has 0 unspecified atom stereocenters. The van der Waals surface area contributed by atoms with Gasteiger partial charge in [-0.05, 0) is 19.8 Å². The summed E-state index contributed by atoms with van der Waals surface area (Å²) < 4.78 is 0. The van der Waals surface area contributed by atoms with Gasteiger partial charge in [0.1, 0.15) is 0 Å². The zero-order chi connectivity index (χ0) is 8.27. The van der Waals surface area contributed by atoms with E-state index in [1.807, 2.05) is 0 Å². The highest BCUT2D eigenvalue weighted by atomic mass is 15.0. The van der Waals surface area contributed by atoms with Gasteiger partial charge in [0.15, 0.2) is 0 Å². The molecule has 0 spiro atoms. The van der Waals surface area contributed by atoms with E-state index in [1.165, 1.54) is 12.1 Å². The molecule has 0 aromatic rings. The summed E-state index contributed by atoms with van der Waals surface area (Å²) in [4.78, 5) is 4.61. The van der Waals surface area contributed by atoms with Gasteiger partial charge in [-0.15, -0.1) is 0 Å². The largest absolute Gasteiger partial charge is 0.307 e. The van der Waals surface area contributed by atoms with Crippen molar-refractivity contribution in [3.05, 3.63) is 0 Å². The molecule has 1 N–H and O–H groups in total. The third kappa shape index (κ3) is 2.03. The molecule has 1 aliphatic rings. The van der Waals surface area contributed by atoms with Crippen LogP contribution in [0, 0.1) is 0 Å². The Labute approximate surface area is 69.1 Å². The Morgan fingerprint density at radius 1 is 1.55 bits per heavy atom. The van der Waals surface area contributed by atoms with Gasteiger partial charge >= 0.3 is 0 Å². The molecule has 0 aromatic heterocycles. The van der Waals surface area contributed by atoms with Gasteiger partial charge < -0.3 is 5.32 Å². The second-order valence-corrected chi connectivity index (χ2v) is 3.19. The normalized spacial score (nSPS) is 31.7. The Kier molecular flexibility index (Phi) is 3.06. The smallest absolute Gasteiger partial charge is 0.0596 e. The van der Waals surface area contributed by atoms with E-state index in [4.69, 9.17) is 0 Å². The number of nitrogens with zero attached hydrogens (tertiary/aromatic N) is 1. The van der Waals surface area contributed by atoms with Crippen molar-refractivity contribution < 1.29 is 0 Å². The Hall–Kier alpha value is -0.370. The third-order valence-corrected chi connectivity index (χ3v) is 2.22. The molecule has 64 valence electrons. The second kappa shape index (κ2) is 3.86. The fourth-order valence-electron chi connectivity index (χ4n) is 1.57. The minimum absolute atomic E-state index is 0.479. The average molecular weight is 154 g/mol. The monoisotopic (exact) mass is 154 g/mol. The van der Waals surface area contributed by atoms with E-state index in [-0.39, 0.29) is 0 Å². The zero-order valence-corrected chi connectivity index (χ0v) is 7.72. The van der Waals surface area contributed by atoms with Gasteiger partial charge in [-0.3, -0.25) is 4.99 Å². The third-order valence-electron chi connectivity index (χ3n) is 2.22. The molecule has 2 nitrogen and oxygen atoms in total. The fraction of sp³-hybridized carbons (Fsp3) is 0.889. The van der Waals surface area contributed by atoms with Crippen molar-refractivity contribution in [1.29, 1.82) is 0 Å². The molecule has 0 saturated carbocycles. The van der Waals surface area contributed by atoms with E-state index in [0.29, 0.717) is 12.1 Å². The second-order valence-electron chi connectivity index (χ2n) is 3.19. The van der Waals surface area contributed by atoms with Gasteiger partial charge in [0.25, 0.3) is 0 Å². The van der Waals surface area contributed by atoms with E-state index in [2.05, 4.69) is 31.1 Å². The van der Waals surface area contributed by atoms with Crippen molar-refractivity contribution in [2.75, 3.05) is 6.54 Å². The summed E-state index contributed by atoms with van der Waals surface area (Å²) in [6.07, 6.45) is 2.26. The summed E-state index contributed by atoms with van der Waals surface area (Å²) >= 11 is 0. The summed E-state index contributed by atoms with van der Waals surface area (Å²) in [7, 11) is 0. The van der Waals surface area contributed by atoms with Crippen molar-refractivity contribution in [1.82, 2.24) is 5.32 Å². The Morgan fingerprint density at radius 3 is 2.82 bits per heavy atom. The van der Waals surface area contributed by atoms with Gasteiger partial charge in [0.05, 0.1) is 6.04 Å². The fourth-order valence-corrected chi connectivity index (χ4v) is 1.57. The van der Waals surface area contributed by atoms with Crippen molar-refractivity contribution in [3.8, 4) is 0 Å². The van der Waals surface area contributed by atoms with Crippen LogP contribution in [0.4, 0.5) is 0 Å². The molecular formula is C9H18N2. The molecule has 2 atom stereocenters. The van der Waals surface area contributed by atoms with Crippen LogP contribution >= 0.6 is 0 Å². The van der Waals surface area contributed by atoms with Gasteiger partial charge in [0, 0.05) is 18.3 Å². The van der Waals surface area contributed by atoms with Crippen LogP contribution in [0.3, 0.4) is 0 Å². The summed E-state index contributed by atoms with van der Waals surface area (Å²) in [5, 5.41) is 3.49. The molecular weight excluding hydrogens is 136 g/mol. The predicted octanol–water partition coefficient (Wildman–Crippen LogP) is 1.61. The first-order chi connectivity index (χ1) is 5.27. The molecule has 1 heterocycles. The van der Waals surface area contributed by atoms with E-state index in [1.54, 1.807) is 0 Å². The van der Waals surface area contributed by atoms with Gasteiger partial charge in [-0.1, -0.05) is 13.8 Å². The molecule has 0 radical (unpaired) electrons. The number of hydrogen-bond acceptors (Lipinski definition) is 2. The number of hydrogen-bond donors (Lipinski definition) is 1. The topological polar surface area (TPSA) is 24.4 Å². The number of rotatable bonds is 2. The lowest BCUT2D eigenvalue weighted by Gasteiger charge is -2.26. The molecule has 1 rings (SSSR count). The molecule has 1 aliphatic heterocycles. The minimum atomic E-state index is 0.479. The number of nitrogens with one attached hydrogen (secondary N) is 1. The molecule has 0 saturated heterocycles. The lowest BCUT2D eigenvalue weighted by molar-refractivity contribution is 0.520. The Balaban J connectivity index is 2.63. The van der Waals surface area contributed by atoms with Gasteiger partial charge in [0.2, 0.25) is 0 Å². The van der Waals surface area contributed by atoms with Crippen LogP contribution in [0.1, 0.15) is 33.6 Å². The number of aliphatic imine (C=N–C) groups is 1. The highest BCUT2D eigenvalue weighted by molar-refractivity contribution is 5.90. The molecule has 0 bridgehead atoms. The molecule has 0 fully saturated rings. The van der Waals surface area contributed by atoms with E-state index in [9.17, 15) is 0 Å². The van der Waals surface area contributed by atoms with Crippen LogP contribution in [0.5, 0.6) is 0 Å². The molecule has 0 amide bonds. The Morgan fingerprint density at radius 2 is 2.27 bits per heavy atom. The summed E-state index contributed by atoms with van der Waals surface area (Å²) in [6.45, 7) is 7.59. The maximum absolute atomic E-state index is 4.61. The molecule has 11 heavy (non-hydrogen) atoms. The lowest BCUT2D eigenvalue weighted by Crippen LogP contribution is -2.44. The van der Waals surface area contributed by atoms with Crippen molar-refractivity contribution >= 4 is 5.71 Å². The first-order valence-electron chi connectivity index (χ1n) is 4.57. The van der Waals surface area contributed by atoms with Crippen molar-refractivity contribution in [2.24, 2.45) is 4.99 Å². The summed E-state index contributed by atoms with van der Waals surface area (Å²) in [5.41, 5.74) is 1.35. The van der Waals surface area contributed by atoms with Gasteiger partial charge in [-0.25, -0.2) is 0 Å². The van der Waals surface area contributed by atoms with Crippen molar-refractivity contribution in [2.45, 2.75) is 45.7 Å². The standard InChI is InChI=1S/C9H18N2/c1-4-8-9(5-2)11-7(3)6-10-8/h7-8,10H,4-6H2,1-3H3/t7-,8-/m0/s1. The highest BCUT2D eigenvalue weighted by Gasteiger charge is 2.17. The Bertz CT molecular complexity index is 152. The summed E-state index contributed by atoms with van der Waals surface area (Å²) in [5.74, 6) is 0. The van der Waals surface area contributed by atoms with E-state index < -0.39 is 0 Å². The van der Waals surface area contributed by atoms with Crippen LogP contribution < -0.4 is 5.32 Å². The molecule has 0 aliphatic carbocycles. The van der Waals surface area contributed by atoms with Crippen LogP contribution in [0.15, 0.2) is 4.99 Å². The van der Waals surface area contributed by atoms with E-state index in [0.717, 1.165) is 13.0 Å². The summed E-state index contributed by atoms with van der Waals surface area (Å²) in [6, 6.07) is 1.03. The maximum Gasteiger partial charge on any atom is 0.0596 e.